The van der Waals surface area contributed by atoms with E-state index in [1.165, 1.54) is 63.9 Å². The fourth-order valence-corrected chi connectivity index (χ4v) is 2.14. The van der Waals surface area contributed by atoms with Gasteiger partial charge in [-0.25, -0.2) is 4.79 Å². The average molecular weight is 304 g/mol. The summed E-state index contributed by atoms with van der Waals surface area (Å²) < 4.78 is 0. The Morgan fingerprint density at radius 2 is 1.23 bits per heavy atom. The molecule has 0 aromatic heterocycles. The molecule has 124 valence electrons. The van der Waals surface area contributed by atoms with E-state index in [0.717, 1.165) is 12.5 Å². The summed E-state index contributed by atoms with van der Waals surface area (Å²) in [6.45, 7) is 2.26. The Kier molecular flexibility index (Phi) is 16.2. The van der Waals surface area contributed by atoms with E-state index in [4.69, 9.17) is 5.11 Å². The van der Waals surface area contributed by atoms with Gasteiger partial charge in [-0.3, -0.25) is 0 Å². The van der Waals surface area contributed by atoms with Crippen LogP contribution in [0.5, 0.6) is 0 Å². The van der Waals surface area contributed by atoms with E-state index < -0.39 is 5.97 Å². The van der Waals surface area contributed by atoms with E-state index in [1.807, 2.05) is 18.2 Å². The van der Waals surface area contributed by atoms with Crippen molar-refractivity contribution in [1.82, 2.24) is 0 Å². The van der Waals surface area contributed by atoms with Crippen molar-refractivity contribution in [3.05, 3.63) is 48.6 Å². The molecule has 0 aliphatic heterocycles. The fraction of sp³-hybridized carbons (Fsp3) is 0.550. The topological polar surface area (TPSA) is 37.3 Å². The Morgan fingerprint density at radius 1 is 0.727 bits per heavy atom. The minimum atomic E-state index is -0.922. The molecule has 2 nitrogen and oxygen atoms in total. The Hall–Kier alpha value is -1.57. The number of hydrogen-bond acceptors (Lipinski definition) is 1. The Bertz CT molecular complexity index is 362. The maximum atomic E-state index is 10.2. The molecule has 0 unspecified atom stereocenters. The predicted molar refractivity (Wildman–Crippen MR) is 96.0 cm³/mol. The SMILES string of the molecule is CCCCCCCCCCCC=CC=C/C=C/C=C/C(=O)O. The molecule has 0 fully saturated rings. The number of rotatable bonds is 14. The smallest absolute Gasteiger partial charge is 0.328 e. The van der Waals surface area contributed by atoms with Gasteiger partial charge in [-0.05, 0) is 12.8 Å². The van der Waals surface area contributed by atoms with E-state index in [9.17, 15) is 4.79 Å². The van der Waals surface area contributed by atoms with Gasteiger partial charge < -0.3 is 5.11 Å². The first-order chi connectivity index (χ1) is 10.8. The summed E-state index contributed by atoms with van der Waals surface area (Å²) in [4.78, 5) is 10.2. The first-order valence-electron chi connectivity index (χ1n) is 8.67. The average Bonchev–Trinajstić information content (AvgIpc) is 2.50. The van der Waals surface area contributed by atoms with Crippen LogP contribution in [0.2, 0.25) is 0 Å². The number of carboxylic acid groups (broad SMARTS) is 1. The quantitative estimate of drug-likeness (QED) is 0.235. The highest BCUT2D eigenvalue weighted by Gasteiger charge is 1.90. The van der Waals surface area contributed by atoms with Crippen LogP contribution in [0.25, 0.3) is 0 Å². The molecule has 2 heteroatoms. The van der Waals surface area contributed by atoms with Crippen molar-refractivity contribution in [2.24, 2.45) is 0 Å². The van der Waals surface area contributed by atoms with Crippen molar-refractivity contribution in [3.63, 3.8) is 0 Å². The summed E-state index contributed by atoms with van der Waals surface area (Å²) in [5.41, 5.74) is 0. The molecule has 0 saturated carbocycles. The van der Waals surface area contributed by atoms with Crippen molar-refractivity contribution >= 4 is 5.97 Å². The van der Waals surface area contributed by atoms with Crippen molar-refractivity contribution in [1.29, 1.82) is 0 Å². The maximum absolute atomic E-state index is 10.2. The third-order valence-electron chi connectivity index (χ3n) is 3.40. The van der Waals surface area contributed by atoms with Crippen molar-refractivity contribution in [2.45, 2.75) is 71.1 Å². The molecule has 0 saturated heterocycles. The van der Waals surface area contributed by atoms with E-state index >= 15 is 0 Å². The van der Waals surface area contributed by atoms with Crippen LogP contribution in [0.15, 0.2) is 48.6 Å². The molecular formula is C20H32O2. The number of unbranched alkanes of at least 4 members (excludes halogenated alkanes) is 9. The largest absolute Gasteiger partial charge is 0.478 e. The number of carbonyl (C=O) groups is 1. The van der Waals surface area contributed by atoms with Crippen LogP contribution >= 0.6 is 0 Å². The predicted octanol–water partition coefficient (Wildman–Crippen LogP) is 6.22. The minimum absolute atomic E-state index is 0.922. The van der Waals surface area contributed by atoms with Crippen molar-refractivity contribution in [2.75, 3.05) is 0 Å². The molecule has 0 aliphatic carbocycles. The summed E-state index contributed by atoms with van der Waals surface area (Å²) in [7, 11) is 0. The summed E-state index contributed by atoms with van der Waals surface area (Å²) in [5.74, 6) is -0.922. The van der Waals surface area contributed by atoms with Crippen LogP contribution in [-0.2, 0) is 4.79 Å². The van der Waals surface area contributed by atoms with Gasteiger partial charge in [0, 0.05) is 6.08 Å². The number of aliphatic carboxylic acids is 1. The summed E-state index contributed by atoms with van der Waals surface area (Å²) in [6, 6.07) is 0. The molecule has 0 bridgehead atoms. The van der Waals surface area contributed by atoms with Gasteiger partial charge in [-0.2, -0.15) is 0 Å². The molecule has 1 N–H and O–H groups in total. The zero-order chi connectivity index (χ0) is 16.3. The lowest BCUT2D eigenvalue weighted by Crippen LogP contribution is -1.84. The molecule has 0 rings (SSSR count). The second-order valence-electron chi connectivity index (χ2n) is 5.51. The van der Waals surface area contributed by atoms with Crippen LogP contribution in [0.3, 0.4) is 0 Å². The zero-order valence-corrected chi connectivity index (χ0v) is 14.0. The van der Waals surface area contributed by atoms with E-state index in [2.05, 4.69) is 19.1 Å². The van der Waals surface area contributed by atoms with Crippen LogP contribution in [-0.4, -0.2) is 11.1 Å². The number of allylic oxidation sites excluding steroid dienone is 7. The Labute approximate surface area is 136 Å². The normalized spacial score (nSPS) is 12.4. The Morgan fingerprint density at radius 3 is 1.82 bits per heavy atom. The summed E-state index contributed by atoms with van der Waals surface area (Å²) >= 11 is 0. The monoisotopic (exact) mass is 304 g/mol. The van der Waals surface area contributed by atoms with Gasteiger partial charge in [-0.15, -0.1) is 0 Å². The van der Waals surface area contributed by atoms with Gasteiger partial charge in [0.2, 0.25) is 0 Å². The molecule has 0 radical (unpaired) electrons. The molecule has 0 aliphatic rings. The molecule has 0 aromatic rings. The first kappa shape index (κ1) is 20.4. The lowest BCUT2D eigenvalue weighted by molar-refractivity contribution is -0.131. The highest BCUT2D eigenvalue weighted by Crippen LogP contribution is 2.10. The molecular weight excluding hydrogens is 272 g/mol. The third kappa shape index (κ3) is 18.4. The molecule has 0 atom stereocenters. The molecule has 0 heterocycles. The highest BCUT2D eigenvalue weighted by atomic mass is 16.4. The standard InChI is InChI=1S/C20H32O2/c1-2-3-4-5-6-7-8-9-10-11-12-13-14-15-16-17-18-19-20(21)22/h12-19H,2-11H2,1H3,(H,21,22)/b13-12?,15-14?,17-16+,19-18+. The third-order valence-corrected chi connectivity index (χ3v) is 3.40. The van der Waals surface area contributed by atoms with Gasteiger partial charge in [-0.1, -0.05) is 101 Å². The van der Waals surface area contributed by atoms with Gasteiger partial charge in [0.25, 0.3) is 0 Å². The first-order valence-corrected chi connectivity index (χ1v) is 8.67. The van der Waals surface area contributed by atoms with Crippen LogP contribution in [0, 0.1) is 0 Å². The van der Waals surface area contributed by atoms with Crippen molar-refractivity contribution < 1.29 is 9.90 Å². The van der Waals surface area contributed by atoms with Crippen molar-refractivity contribution in [3.8, 4) is 0 Å². The molecule has 0 aromatic carbocycles. The van der Waals surface area contributed by atoms with E-state index in [0.29, 0.717) is 0 Å². The molecule has 0 spiro atoms. The van der Waals surface area contributed by atoms with Gasteiger partial charge >= 0.3 is 5.97 Å². The maximum Gasteiger partial charge on any atom is 0.328 e. The van der Waals surface area contributed by atoms with Crippen LogP contribution < -0.4 is 0 Å². The number of hydrogen-bond donors (Lipinski definition) is 1. The Balaban J connectivity index is 3.35. The summed E-state index contributed by atoms with van der Waals surface area (Å²) in [6.07, 6.45) is 27.7. The summed E-state index contributed by atoms with van der Waals surface area (Å²) in [5, 5.41) is 8.39. The molecule has 0 amide bonds. The van der Waals surface area contributed by atoms with E-state index in [1.54, 1.807) is 6.08 Å². The lowest BCUT2D eigenvalue weighted by atomic mass is 10.1. The van der Waals surface area contributed by atoms with Gasteiger partial charge in [0.05, 0.1) is 0 Å². The lowest BCUT2D eigenvalue weighted by Gasteiger charge is -2.00. The highest BCUT2D eigenvalue weighted by molar-refractivity contribution is 5.80. The van der Waals surface area contributed by atoms with Crippen LogP contribution in [0.1, 0.15) is 71.1 Å². The van der Waals surface area contributed by atoms with Gasteiger partial charge in [0.15, 0.2) is 0 Å². The molecule has 22 heavy (non-hydrogen) atoms. The van der Waals surface area contributed by atoms with Crippen LogP contribution in [0.4, 0.5) is 0 Å². The zero-order valence-electron chi connectivity index (χ0n) is 14.0. The number of carboxylic acids is 1. The minimum Gasteiger partial charge on any atom is -0.478 e. The fourth-order valence-electron chi connectivity index (χ4n) is 2.14. The second-order valence-corrected chi connectivity index (χ2v) is 5.51. The van der Waals surface area contributed by atoms with Gasteiger partial charge in [0.1, 0.15) is 0 Å². The van der Waals surface area contributed by atoms with E-state index in [-0.39, 0.29) is 0 Å². The second kappa shape index (κ2) is 17.5.